The van der Waals surface area contributed by atoms with Gasteiger partial charge in [-0.2, -0.15) is 15.8 Å². The van der Waals surface area contributed by atoms with Crippen molar-refractivity contribution in [3.63, 3.8) is 0 Å². The topological polar surface area (TPSA) is 114 Å². The quantitative estimate of drug-likeness (QED) is 0.746. The van der Waals surface area contributed by atoms with E-state index in [1.807, 2.05) is 6.07 Å². The average Bonchev–Trinajstić information content (AvgIpc) is 2.53. The zero-order valence-electron chi connectivity index (χ0n) is 12.3. The van der Waals surface area contributed by atoms with Crippen molar-refractivity contribution in [3.05, 3.63) is 12.2 Å². The Labute approximate surface area is 129 Å². The second-order valence-corrected chi connectivity index (χ2v) is 6.06. The molecular weight excluding hydrogens is 280 g/mol. The molecule has 6 nitrogen and oxygen atoms in total. The number of hydrogen-bond acceptors (Lipinski definition) is 6. The summed E-state index contributed by atoms with van der Waals surface area (Å²) in [6.07, 6.45) is 5.35. The minimum Gasteiger partial charge on any atom is -0.447 e. The van der Waals surface area contributed by atoms with Crippen LogP contribution in [0, 0.1) is 56.2 Å². The van der Waals surface area contributed by atoms with Gasteiger partial charge in [-0.15, -0.1) is 0 Å². The van der Waals surface area contributed by atoms with Gasteiger partial charge in [-0.25, -0.2) is 0 Å². The van der Waals surface area contributed by atoms with Crippen molar-refractivity contribution in [3.8, 4) is 18.2 Å². The summed E-state index contributed by atoms with van der Waals surface area (Å²) in [6.45, 7) is 1.78. The molecule has 2 bridgehead atoms. The lowest BCUT2D eigenvalue weighted by Gasteiger charge is -2.63. The van der Waals surface area contributed by atoms with Crippen LogP contribution in [0.2, 0.25) is 0 Å². The Morgan fingerprint density at radius 2 is 1.95 bits per heavy atom. The summed E-state index contributed by atoms with van der Waals surface area (Å²) in [6, 6.07) is 6.21. The first kappa shape index (κ1) is 14.6. The molecule has 4 rings (SSSR count). The number of hydrogen-bond donors (Lipinski definition) is 1. The number of fused-ring (bicyclic) bond motifs is 2. The maximum absolute atomic E-state index is 9.84. The van der Waals surface area contributed by atoms with Crippen molar-refractivity contribution in [2.45, 2.75) is 44.5 Å². The van der Waals surface area contributed by atoms with Gasteiger partial charge in [0.25, 0.3) is 0 Å². The molecule has 1 saturated carbocycles. The summed E-state index contributed by atoms with van der Waals surface area (Å²) < 4.78 is 11.8. The van der Waals surface area contributed by atoms with E-state index in [2.05, 4.69) is 12.1 Å². The molecule has 4 fully saturated rings. The van der Waals surface area contributed by atoms with Gasteiger partial charge in [0, 0.05) is 6.42 Å². The maximum Gasteiger partial charge on any atom is 0.218 e. The first-order chi connectivity index (χ1) is 10.6. The monoisotopic (exact) mass is 296 g/mol. The molecular formula is C16H16N4O2. The van der Waals surface area contributed by atoms with Crippen molar-refractivity contribution < 1.29 is 9.47 Å². The molecule has 0 radical (unpaired) electrons. The Balaban J connectivity index is 2.32. The standard InChI is InChI=1S/C16H16N4O2/c1-2-5-12-15(10-19)13(20)22-16(21-12)7-4-3-6-11(16)14(15,8-17)9-18/h2,5,11-12,20H,3-4,6-7H2,1H3/b5-2-,20-13?/t11-,12-,15+,16+/m0/s1. The highest BCUT2D eigenvalue weighted by molar-refractivity contribution is 5.89. The Kier molecular flexibility index (Phi) is 3.02. The molecule has 0 aromatic carbocycles. The summed E-state index contributed by atoms with van der Waals surface area (Å²) in [5.41, 5.74) is -3.34. The average molecular weight is 296 g/mol. The fourth-order valence-corrected chi connectivity index (χ4v) is 4.23. The fourth-order valence-electron chi connectivity index (χ4n) is 4.23. The lowest BCUT2D eigenvalue weighted by atomic mass is 9.49. The summed E-state index contributed by atoms with van der Waals surface area (Å²) in [5.74, 6) is -1.96. The third-order valence-corrected chi connectivity index (χ3v) is 5.23. The summed E-state index contributed by atoms with van der Waals surface area (Å²) in [7, 11) is 0. The van der Waals surface area contributed by atoms with E-state index in [0.29, 0.717) is 12.8 Å². The zero-order chi connectivity index (χ0) is 16.0. The van der Waals surface area contributed by atoms with Crippen molar-refractivity contribution >= 4 is 5.90 Å². The Bertz CT molecular complexity index is 666. The number of ether oxygens (including phenoxy) is 2. The normalized spacial score (nSPS) is 41.8. The predicted octanol–water partition coefficient (Wildman–Crippen LogP) is 2.40. The highest BCUT2D eigenvalue weighted by Crippen LogP contribution is 2.65. The van der Waals surface area contributed by atoms with Gasteiger partial charge >= 0.3 is 0 Å². The highest BCUT2D eigenvalue weighted by atomic mass is 16.7. The van der Waals surface area contributed by atoms with Crippen molar-refractivity contribution in [2.24, 2.45) is 16.7 Å². The highest BCUT2D eigenvalue weighted by Gasteiger charge is 2.79. The summed E-state index contributed by atoms with van der Waals surface area (Å²) in [4.78, 5) is 0. The van der Waals surface area contributed by atoms with E-state index >= 15 is 0 Å². The molecule has 6 heteroatoms. The third kappa shape index (κ3) is 1.33. The Hall–Kier alpha value is -2.36. The van der Waals surface area contributed by atoms with Gasteiger partial charge in [0.1, 0.15) is 6.10 Å². The van der Waals surface area contributed by atoms with Crippen LogP contribution in [0.3, 0.4) is 0 Å². The van der Waals surface area contributed by atoms with Gasteiger partial charge < -0.3 is 9.47 Å². The molecule has 0 aromatic rings. The van der Waals surface area contributed by atoms with Crippen molar-refractivity contribution in [1.82, 2.24) is 0 Å². The SMILES string of the molecule is C/C=C\[C@@H]1O[C@@]23CCCC[C@H]2C(C#N)(C#N)[C@@]1(C#N)C(=N)O3. The van der Waals surface area contributed by atoms with Crippen LogP contribution in [-0.2, 0) is 9.47 Å². The van der Waals surface area contributed by atoms with E-state index in [1.54, 1.807) is 19.1 Å². The van der Waals surface area contributed by atoms with E-state index in [4.69, 9.17) is 14.9 Å². The smallest absolute Gasteiger partial charge is 0.218 e. The molecule has 22 heavy (non-hydrogen) atoms. The number of nitriles is 3. The number of nitrogens with zero attached hydrogens (tertiary/aromatic N) is 3. The van der Waals surface area contributed by atoms with Crippen LogP contribution in [0.25, 0.3) is 0 Å². The van der Waals surface area contributed by atoms with Crippen LogP contribution < -0.4 is 0 Å². The van der Waals surface area contributed by atoms with Crippen LogP contribution in [0.15, 0.2) is 12.2 Å². The predicted molar refractivity (Wildman–Crippen MR) is 74.9 cm³/mol. The number of nitrogens with one attached hydrogen (secondary N) is 1. The minimum atomic E-state index is -1.72. The first-order valence-electron chi connectivity index (χ1n) is 7.39. The molecule has 0 aromatic heterocycles. The van der Waals surface area contributed by atoms with Gasteiger partial charge in [-0.05, 0) is 19.8 Å². The molecule has 3 aliphatic heterocycles. The molecule has 1 N–H and O–H groups in total. The lowest BCUT2D eigenvalue weighted by Crippen LogP contribution is -2.75. The summed E-state index contributed by atoms with van der Waals surface area (Å²) >= 11 is 0. The van der Waals surface area contributed by atoms with Crippen LogP contribution in [-0.4, -0.2) is 17.8 Å². The Morgan fingerprint density at radius 3 is 2.55 bits per heavy atom. The van der Waals surface area contributed by atoms with Gasteiger partial charge in [0.15, 0.2) is 10.8 Å². The maximum atomic E-state index is 9.84. The molecule has 0 unspecified atom stereocenters. The van der Waals surface area contributed by atoms with Crippen LogP contribution in [0.1, 0.15) is 32.6 Å². The van der Waals surface area contributed by atoms with Gasteiger partial charge in [-0.3, -0.25) is 5.41 Å². The van der Waals surface area contributed by atoms with Crippen molar-refractivity contribution in [2.75, 3.05) is 0 Å². The first-order valence-corrected chi connectivity index (χ1v) is 7.39. The zero-order valence-corrected chi connectivity index (χ0v) is 12.3. The van der Waals surface area contributed by atoms with E-state index in [9.17, 15) is 15.8 Å². The van der Waals surface area contributed by atoms with Crippen LogP contribution in [0.5, 0.6) is 0 Å². The van der Waals surface area contributed by atoms with Gasteiger partial charge in [0.05, 0.1) is 24.1 Å². The van der Waals surface area contributed by atoms with Gasteiger partial charge in [0.2, 0.25) is 11.7 Å². The summed E-state index contributed by atoms with van der Waals surface area (Å²) in [5, 5.41) is 37.8. The molecule has 3 saturated heterocycles. The molecule has 0 amide bonds. The second-order valence-electron chi connectivity index (χ2n) is 6.06. The third-order valence-electron chi connectivity index (χ3n) is 5.23. The van der Waals surface area contributed by atoms with Gasteiger partial charge in [-0.1, -0.05) is 18.6 Å². The second kappa shape index (κ2) is 4.57. The molecule has 4 aliphatic rings. The molecule has 3 heterocycles. The van der Waals surface area contributed by atoms with E-state index in [0.717, 1.165) is 12.8 Å². The number of rotatable bonds is 1. The fraction of sp³-hybridized carbons (Fsp3) is 0.625. The molecule has 1 aliphatic carbocycles. The lowest BCUT2D eigenvalue weighted by molar-refractivity contribution is -0.347. The largest absolute Gasteiger partial charge is 0.447 e. The Morgan fingerprint density at radius 1 is 1.23 bits per heavy atom. The number of allylic oxidation sites excluding steroid dienone is 1. The van der Waals surface area contributed by atoms with Crippen LogP contribution >= 0.6 is 0 Å². The van der Waals surface area contributed by atoms with E-state index in [-0.39, 0.29) is 5.90 Å². The van der Waals surface area contributed by atoms with E-state index in [1.165, 1.54) is 0 Å². The van der Waals surface area contributed by atoms with Crippen LogP contribution in [0.4, 0.5) is 0 Å². The van der Waals surface area contributed by atoms with Crippen molar-refractivity contribution in [1.29, 1.82) is 21.2 Å². The molecule has 1 spiro atoms. The van der Waals surface area contributed by atoms with E-state index < -0.39 is 28.6 Å². The molecule has 112 valence electrons. The molecule has 4 atom stereocenters. The minimum absolute atomic E-state index is 0.314.